The summed E-state index contributed by atoms with van der Waals surface area (Å²) < 4.78 is 31.7. The maximum absolute atomic E-state index is 12.4. The number of nitrogens with zero attached hydrogens (tertiary/aromatic N) is 3. The highest BCUT2D eigenvalue weighted by atomic mass is 32.2. The smallest absolute Gasteiger partial charge is 0.299 e. The molecule has 1 aromatic rings. The van der Waals surface area contributed by atoms with Crippen LogP contribution in [0.2, 0.25) is 0 Å². The lowest BCUT2D eigenvalue weighted by molar-refractivity contribution is -0.393. The molecular weight excluding hydrogens is 368 g/mol. The Hall–Kier alpha value is -2.31. The molecule has 1 N–H and O–H groups in total. The Labute approximate surface area is 150 Å². The Morgan fingerprint density at radius 3 is 2.35 bits per heavy atom. The summed E-state index contributed by atoms with van der Waals surface area (Å²) in [6.07, 6.45) is -0.422. The van der Waals surface area contributed by atoms with Crippen molar-refractivity contribution < 1.29 is 23.0 Å². The van der Waals surface area contributed by atoms with E-state index in [1.165, 1.54) is 10.4 Å². The Bertz CT molecular complexity index is 788. The van der Waals surface area contributed by atoms with Crippen molar-refractivity contribution in [2.45, 2.75) is 26.1 Å². The lowest BCUT2D eigenvalue weighted by Crippen LogP contribution is -2.49. The van der Waals surface area contributed by atoms with Crippen LogP contribution in [-0.4, -0.2) is 60.2 Å². The molecule has 0 radical (unpaired) electrons. The van der Waals surface area contributed by atoms with E-state index >= 15 is 0 Å². The van der Waals surface area contributed by atoms with Gasteiger partial charge in [0.2, 0.25) is 10.0 Å². The van der Waals surface area contributed by atoms with Crippen molar-refractivity contribution in [1.82, 2.24) is 4.31 Å². The molecule has 12 heteroatoms. The van der Waals surface area contributed by atoms with Crippen molar-refractivity contribution in [2.24, 2.45) is 0 Å². The number of anilines is 1. The highest BCUT2D eigenvalue weighted by Gasteiger charge is 2.30. The zero-order valence-electron chi connectivity index (χ0n) is 14.3. The molecule has 0 aromatic heterocycles. The Kier molecular flexibility index (Phi) is 6.10. The van der Waals surface area contributed by atoms with Crippen LogP contribution in [0.15, 0.2) is 18.2 Å². The Balaban J connectivity index is 2.05. The monoisotopic (exact) mass is 388 g/mol. The minimum Gasteiger partial charge on any atom is -0.378 e. The lowest BCUT2D eigenvalue weighted by atomic mass is 10.2. The summed E-state index contributed by atoms with van der Waals surface area (Å²) >= 11 is 0. The maximum atomic E-state index is 12.4. The molecule has 1 aliphatic heterocycles. The summed E-state index contributed by atoms with van der Waals surface area (Å²) in [6, 6.07) is 3.15. The van der Waals surface area contributed by atoms with Crippen molar-refractivity contribution in [1.29, 1.82) is 0 Å². The molecule has 2 unspecified atom stereocenters. The van der Waals surface area contributed by atoms with Gasteiger partial charge in [-0.3, -0.25) is 20.2 Å². The van der Waals surface area contributed by atoms with Crippen LogP contribution in [0.3, 0.4) is 0 Å². The molecule has 1 fully saturated rings. The first-order valence-corrected chi connectivity index (χ1v) is 9.51. The van der Waals surface area contributed by atoms with Crippen LogP contribution < -0.4 is 5.32 Å². The van der Waals surface area contributed by atoms with Crippen LogP contribution in [0.4, 0.5) is 17.1 Å². The van der Waals surface area contributed by atoms with Gasteiger partial charge in [0.25, 0.3) is 11.4 Å². The second kappa shape index (κ2) is 7.93. The largest absolute Gasteiger partial charge is 0.378 e. The third-order valence-corrected chi connectivity index (χ3v) is 5.65. The van der Waals surface area contributed by atoms with E-state index < -0.39 is 31.2 Å². The molecule has 1 heterocycles. The van der Waals surface area contributed by atoms with Crippen LogP contribution >= 0.6 is 0 Å². The number of nitro benzene ring substituents is 2. The highest BCUT2D eigenvalue weighted by molar-refractivity contribution is 7.89. The fourth-order valence-electron chi connectivity index (χ4n) is 2.74. The number of non-ortho nitro benzene ring substituents is 1. The standard InChI is InChI=1S/C14H20N4O7S/c1-10-8-16(9-11(2)25-10)26(23,24)6-5-15-13-4-3-12(17(19)20)7-14(13)18(21)22/h3-4,7,10-11,15H,5-6,8-9H2,1-2H3. The predicted molar refractivity (Wildman–Crippen MR) is 93.6 cm³/mol. The van der Waals surface area contributed by atoms with E-state index in [4.69, 9.17) is 4.74 Å². The number of sulfonamides is 1. The minimum absolute atomic E-state index is 0.0273. The number of hydrogen-bond donors (Lipinski definition) is 1. The average molecular weight is 388 g/mol. The fourth-order valence-corrected chi connectivity index (χ4v) is 4.23. The molecule has 0 amide bonds. The SMILES string of the molecule is CC1CN(S(=O)(=O)CCNc2ccc([N+](=O)[O-])cc2[N+](=O)[O-])CC(C)O1. The fraction of sp³-hybridized carbons (Fsp3) is 0.571. The molecule has 0 aliphatic carbocycles. The summed E-state index contributed by atoms with van der Waals surface area (Å²) in [5, 5.41) is 24.5. The zero-order chi connectivity index (χ0) is 19.5. The van der Waals surface area contributed by atoms with Gasteiger partial charge in [-0.1, -0.05) is 0 Å². The summed E-state index contributed by atoms with van der Waals surface area (Å²) in [4.78, 5) is 20.3. The molecule has 1 aliphatic rings. The van der Waals surface area contributed by atoms with Gasteiger partial charge in [0.1, 0.15) is 5.69 Å². The first-order chi connectivity index (χ1) is 12.1. The van der Waals surface area contributed by atoms with E-state index in [0.29, 0.717) is 0 Å². The number of rotatable bonds is 7. The van der Waals surface area contributed by atoms with E-state index in [2.05, 4.69) is 5.32 Å². The molecule has 2 rings (SSSR count). The second-order valence-electron chi connectivity index (χ2n) is 6.03. The van der Waals surface area contributed by atoms with Crippen molar-refractivity contribution in [3.63, 3.8) is 0 Å². The summed E-state index contributed by atoms with van der Waals surface area (Å²) in [7, 11) is -3.56. The van der Waals surface area contributed by atoms with Gasteiger partial charge in [0, 0.05) is 25.7 Å². The second-order valence-corrected chi connectivity index (χ2v) is 8.12. The van der Waals surface area contributed by atoms with Crippen LogP contribution in [0.5, 0.6) is 0 Å². The minimum atomic E-state index is -3.56. The van der Waals surface area contributed by atoms with Crippen molar-refractivity contribution in [3.8, 4) is 0 Å². The molecule has 0 saturated carbocycles. The van der Waals surface area contributed by atoms with Crippen molar-refractivity contribution in [2.75, 3.05) is 30.7 Å². The lowest BCUT2D eigenvalue weighted by Gasteiger charge is -2.34. The topological polar surface area (TPSA) is 145 Å². The number of benzene rings is 1. The number of ether oxygens (including phenoxy) is 1. The van der Waals surface area contributed by atoms with Gasteiger partial charge in [-0.25, -0.2) is 8.42 Å². The molecule has 1 saturated heterocycles. The van der Waals surface area contributed by atoms with Gasteiger partial charge in [-0.05, 0) is 19.9 Å². The average Bonchev–Trinajstić information content (AvgIpc) is 2.53. The third-order valence-electron chi connectivity index (χ3n) is 3.84. The zero-order valence-corrected chi connectivity index (χ0v) is 15.1. The number of nitrogens with one attached hydrogen (secondary N) is 1. The van der Waals surface area contributed by atoms with E-state index in [0.717, 1.165) is 12.1 Å². The van der Waals surface area contributed by atoms with Crippen LogP contribution in [0.25, 0.3) is 0 Å². The first-order valence-electron chi connectivity index (χ1n) is 7.90. The van der Waals surface area contributed by atoms with Crippen molar-refractivity contribution in [3.05, 3.63) is 38.4 Å². The maximum Gasteiger partial charge on any atom is 0.299 e. The summed E-state index contributed by atoms with van der Waals surface area (Å²) in [5.41, 5.74) is -0.865. The van der Waals surface area contributed by atoms with Crippen LogP contribution in [0.1, 0.15) is 13.8 Å². The summed E-state index contributed by atoms with van der Waals surface area (Å²) in [5.74, 6) is -0.263. The predicted octanol–water partition coefficient (Wildman–Crippen LogP) is 1.35. The third kappa shape index (κ3) is 4.86. The Morgan fingerprint density at radius 2 is 1.81 bits per heavy atom. The van der Waals surface area contributed by atoms with Gasteiger partial charge in [0.05, 0.1) is 33.9 Å². The number of nitro groups is 2. The normalized spacial score (nSPS) is 21.3. The van der Waals surface area contributed by atoms with Crippen molar-refractivity contribution >= 4 is 27.1 Å². The summed E-state index contributed by atoms with van der Waals surface area (Å²) in [6.45, 7) is 4.02. The van der Waals surface area contributed by atoms with Gasteiger partial charge in [-0.2, -0.15) is 4.31 Å². The number of morpholine rings is 1. The van der Waals surface area contributed by atoms with Gasteiger partial charge >= 0.3 is 0 Å². The highest BCUT2D eigenvalue weighted by Crippen LogP contribution is 2.28. The molecule has 0 spiro atoms. The molecule has 11 nitrogen and oxygen atoms in total. The van der Waals surface area contributed by atoms with Gasteiger partial charge < -0.3 is 10.1 Å². The first kappa shape index (κ1) is 20.0. The van der Waals surface area contributed by atoms with Gasteiger partial charge in [-0.15, -0.1) is 0 Å². The molecule has 2 atom stereocenters. The molecule has 26 heavy (non-hydrogen) atoms. The van der Waals surface area contributed by atoms with E-state index in [1.54, 1.807) is 13.8 Å². The van der Waals surface area contributed by atoms with Crippen LogP contribution in [-0.2, 0) is 14.8 Å². The Morgan fingerprint density at radius 1 is 1.19 bits per heavy atom. The van der Waals surface area contributed by atoms with E-state index in [9.17, 15) is 28.6 Å². The molecule has 1 aromatic carbocycles. The molecular formula is C14H20N4O7S. The quantitative estimate of drug-likeness (QED) is 0.544. The van der Waals surface area contributed by atoms with E-state index in [-0.39, 0.29) is 43.3 Å². The molecule has 144 valence electrons. The molecule has 0 bridgehead atoms. The number of hydrogen-bond acceptors (Lipinski definition) is 8. The van der Waals surface area contributed by atoms with E-state index in [1.807, 2.05) is 0 Å². The van der Waals surface area contributed by atoms with Gasteiger partial charge in [0.15, 0.2) is 0 Å². The van der Waals surface area contributed by atoms with Crippen LogP contribution in [0, 0.1) is 20.2 Å².